The van der Waals surface area contributed by atoms with Crippen molar-refractivity contribution in [2.75, 3.05) is 0 Å². The number of aromatic nitrogens is 1. The van der Waals surface area contributed by atoms with Gasteiger partial charge in [-0.15, -0.1) is 0 Å². The van der Waals surface area contributed by atoms with Gasteiger partial charge in [0.25, 0.3) is 11.5 Å². The molecule has 9 heteroatoms. The summed E-state index contributed by atoms with van der Waals surface area (Å²) in [6.07, 6.45) is 0.594. The number of benzene rings is 1. The van der Waals surface area contributed by atoms with Gasteiger partial charge in [0.05, 0.1) is 5.75 Å². The average Bonchev–Trinajstić information content (AvgIpc) is 2.46. The molecule has 2 N–H and O–H groups in total. The molecule has 0 saturated heterocycles. The first-order valence-electron chi connectivity index (χ1n) is 7.34. The molecule has 6 nitrogen and oxygen atoms in total. The quantitative estimate of drug-likeness (QED) is 0.803. The van der Waals surface area contributed by atoms with Crippen molar-refractivity contribution in [2.24, 2.45) is 0 Å². The highest BCUT2D eigenvalue weighted by molar-refractivity contribution is 7.89. The van der Waals surface area contributed by atoms with Gasteiger partial charge in [-0.2, -0.15) is 0 Å². The fourth-order valence-electron chi connectivity index (χ4n) is 2.35. The molecule has 1 aromatic heterocycles. The number of carbonyl (C=O) groups excluding carboxylic acids is 1. The molecule has 1 aromatic carbocycles. The van der Waals surface area contributed by atoms with Gasteiger partial charge in [-0.3, -0.25) is 9.59 Å². The van der Waals surface area contributed by atoms with Crippen LogP contribution in [0.5, 0.6) is 0 Å². The summed E-state index contributed by atoms with van der Waals surface area (Å²) in [6.45, 7) is 3.59. The highest BCUT2D eigenvalue weighted by Crippen LogP contribution is 2.20. The smallest absolute Gasteiger partial charge is 0.270 e. The summed E-state index contributed by atoms with van der Waals surface area (Å²) in [7, 11) is -4.03. The number of carbonyl (C=O) groups is 1. The molecule has 0 unspecified atom stereocenters. The van der Waals surface area contributed by atoms with E-state index >= 15 is 0 Å². The number of pyridine rings is 1. The Labute approximate surface area is 155 Å². The predicted octanol–water partition coefficient (Wildman–Crippen LogP) is 2.81. The van der Waals surface area contributed by atoms with Crippen molar-refractivity contribution < 1.29 is 13.2 Å². The average molecular weight is 403 g/mol. The SMILES string of the molecule is CCc1[nH]c(=O)c(C(=O)NS(=O)(=O)Cc2cc(Cl)cc(Cl)c2)cc1C. The molecule has 0 atom stereocenters. The molecule has 0 aliphatic rings. The van der Waals surface area contributed by atoms with Crippen molar-refractivity contribution in [3.8, 4) is 0 Å². The number of sulfonamides is 1. The third kappa shape index (κ3) is 5.07. The van der Waals surface area contributed by atoms with E-state index in [9.17, 15) is 18.0 Å². The molecule has 0 spiro atoms. The summed E-state index contributed by atoms with van der Waals surface area (Å²) in [5.41, 5.74) is 0.816. The van der Waals surface area contributed by atoms with Gasteiger partial charge in [-0.25, -0.2) is 13.1 Å². The third-order valence-electron chi connectivity index (χ3n) is 3.47. The molecule has 0 aliphatic carbocycles. The van der Waals surface area contributed by atoms with Gasteiger partial charge < -0.3 is 4.98 Å². The third-order valence-corrected chi connectivity index (χ3v) is 5.12. The number of aryl methyl sites for hydroxylation is 2. The normalized spacial score (nSPS) is 11.4. The van der Waals surface area contributed by atoms with E-state index in [2.05, 4.69) is 4.98 Å². The summed E-state index contributed by atoms with van der Waals surface area (Å²) in [6, 6.07) is 5.71. The molecule has 2 rings (SSSR count). The summed E-state index contributed by atoms with van der Waals surface area (Å²) in [5, 5.41) is 0.567. The Morgan fingerprint density at radius 3 is 2.32 bits per heavy atom. The number of hydrogen-bond acceptors (Lipinski definition) is 4. The summed E-state index contributed by atoms with van der Waals surface area (Å²) < 4.78 is 26.3. The zero-order chi connectivity index (χ0) is 18.8. The first-order chi connectivity index (χ1) is 11.6. The van der Waals surface area contributed by atoms with Crippen molar-refractivity contribution in [1.82, 2.24) is 9.71 Å². The largest absolute Gasteiger partial charge is 0.325 e. The molecule has 0 bridgehead atoms. The maximum atomic E-state index is 12.2. The lowest BCUT2D eigenvalue weighted by atomic mass is 10.1. The van der Waals surface area contributed by atoms with E-state index in [0.29, 0.717) is 23.2 Å². The Morgan fingerprint density at radius 1 is 1.16 bits per heavy atom. The molecule has 0 aliphatic heterocycles. The van der Waals surface area contributed by atoms with E-state index in [4.69, 9.17) is 23.2 Å². The fourth-order valence-corrected chi connectivity index (χ4v) is 4.00. The number of halogens is 2. The van der Waals surface area contributed by atoms with Crippen molar-refractivity contribution in [3.63, 3.8) is 0 Å². The van der Waals surface area contributed by atoms with Crippen LogP contribution in [0.25, 0.3) is 0 Å². The van der Waals surface area contributed by atoms with Gasteiger partial charge in [0, 0.05) is 15.7 Å². The summed E-state index contributed by atoms with van der Waals surface area (Å²) in [5.74, 6) is -1.48. The topological polar surface area (TPSA) is 96.1 Å². The number of amides is 1. The molecule has 0 fully saturated rings. The van der Waals surface area contributed by atoms with Crippen LogP contribution in [-0.2, 0) is 22.2 Å². The molecule has 1 amide bonds. The zero-order valence-corrected chi connectivity index (χ0v) is 15.8. The Bertz CT molecular complexity index is 964. The number of rotatable bonds is 5. The van der Waals surface area contributed by atoms with E-state index in [1.165, 1.54) is 24.3 Å². The second-order valence-corrected chi connectivity index (χ2v) is 8.09. The molecule has 134 valence electrons. The monoisotopic (exact) mass is 402 g/mol. The van der Waals surface area contributed by atoms with Gasteiger partial charge in [0.15, 0.2) is 0 Å². The Kier molecular flexibility index (Phi) is 5.92. The zero-order valence-electron chi connectivity index (χ0n) is 13.5. The molecule has 0 saturated carbocycles. The lowest BCUT2D eigenvalue weighted by molar-refractivity contribution is 0.0980. The second kappa shape index (κ2) is 7.59. The lowest BCUT2D eigenvalue weighted by Gasteiger charge is -2.09. The van der Waals surface area contributed by atoms with Crippen molar-refractivity contribution in [2.45, 2.75) is 26.0 Å². The van der Waals surface area contributed by atoms with Crippen LogP contribution in [0.15, 0.2) is 29.1 Å². The highest BCUT2D eigenvalue weighted by Gasteiger charge is 2.20. The van der Waals surface area contributed by atoms with Crippen molar-refractivity contribution in [3.05, 3.63) is 67.0 Å². The lowest BCUT2D eigenvalue weighted by Crippen LogP contribution is -2.35. The maximum Gasteiger partial charge on any atom is 0.270 e. The van der Waals surface area contributed by atoms with Crippen LogP contribution in [0.4, 0.5) is 0 Å². The van der Waals surface area contributed by atoms with Gasteiger partial charge in [0.2, 0.25) is 10.0 Å². The first-order valence-corrected chi connectivity index (χ1v) is 9.74. The van der Waals surface area contributed by atoms with Gasteiger partial charge in [-0.1, -0.05) is 30.1 Å². The van der Waals surface area contributed by atoms with Crippen LogP contribution >= 0.6 is 23.2 Å². The van der Waals surface area contributed by atoms with Crippen LogP contribution in [0.2, 0.25) is 10.0 Å². The molecule has 2 aromatic rings. The molecule has 25 heavy (non-hydrogen) atoms. The van der Waals surface area contributed by atoms with Crippen molar-refractivity contribution >= 4 is 39.1 Å². The molecule has 1 heterocycles. The number of hydrogen-bond donors (Lipinski definition) is 2. The fraction of sp³-hybridized carbons (Fsp3) is 0.250. The van der Waals surface area contributed by atoms with E-state index in [1.807, 2.05) is 11.6 Å². The van der Waals surface area contributed by atoms with Crippen LogP contribution < -0.4 is 10.3 Å². The first kappa shape index (κ1) is 19.5. The van der Waals surface area contributed by atoms with E-state index in [1.54, 1.807) is 6.92 Å². The van der Waals surface area contributed by atoms with Gasteiger partial charge in [0.1, 0.15) is 5.56 Å². The summed E-state index contributed by atoms with van der Waals surface area (Å²) in [4.78, 5) is 26.8. The highest BCUT2D eigenvalue weighted by atomic mass is 35.5. The van der Waals surface area contributed by atoms with Crippen LogP contribution in [0.3, 0.4) is 0 Å². The maximum absolute atomic E-state index is 12.2. The van der Waals surface area contributed by atoms with Crippen LogP contribution in [0, 0.1) is 6.92 Å². The minimum atomic E-state index is -4.03. The van der Waals surface area contributed by atoms with Gasteiger partial charge in [-0.05, 0) is 48.7 Å². The number of aromatic amines is 1. The predicted molar refractivity (Wildman–Crippen MR) is 97.7 cm³/mol. The van der Waals surface area contributed by atoms with E-state index < -0.39 is 27.2 Å². The van der Waals surface area contributed by atoms with E-state index in [-0.39, 0.29) is 15.6 Å². The Balaban J connectivity index is 2.24. The molecular weight excluding hydrogens is 387 g/mol. The molecule has 0 radical (unpaired) electrons. The molecular formula is C16H16Cl2N2O4S. The van der Waals surface area contributed by atoms with Crippen LogP contribution in [-0.4, -0.2) is 19.3 Å². The Hall–Kier alpha value is -1.83. The van der Waals surface area contributed by atoms with Crippen LogP contribution in [0.1, 0.15) is 34.1 Å². The summed E-state index contributed by atoms with van der Waals surface area (Å²) >= 11 is 11.7. The minimum Gasteiger partial charge on any atom is -0.325 e. The Morgan fingerprint density at radius 2 is 1.76 bits per heavy atom. The van der Waals surface area contributed by atoms with Crippen molar-refractivity contribution in [1.29, 1.82) is 0 Å². The standard InChI is InChI=1S/C16H16Cl2N2O4S/c1-3-14-9(2)4-13(15(21)19-14)16(22)20-25(23,24)8-10-5-11(17)7-12(18)6-10/h4-7H,3,8H2,1-2H3,(H,19,21)(H,20,22). The second-order valence-electron chi connectivity index (χ2n) is 5.50. The van der Waals surface area contributed by atoms with E-state index in [0.717, 1.165) is 0 Å². The number of nitrogens with one attached hydrogen (secondary N) is 2. The number of H-pyrrole nitrogens is 1. The van der Waals surface area contributed by atoms with Gasteiger partial charge >= 0.3 is 0 Å². The minimum absolute atomic E-state index is 0.262.